The molecule has 2 rings (SSSR count). The zero-order valence-electron chi connectivity index (χ0n) is 11.5. The quantitative estimate of drug-likeness (QED) is 0.886. The maximum Gasteiger partial charge on any atom is 0.0642 e. The second kappa shape index (κ2) is 5.50. The summed E-state index contributed by atoms with van der Waals surface area (Å²) in [4.78, 5) is 2.27. The molecule has 1 fully saturated rings. The minimum Gasteiger partial charge on any atom is -0.373 e. The normalized spacial score (nSPS) is 23.8. The van der Waals surface area contributed by atoms with Gasteiger partial charge in [0.15, 0.2) is 0 Å². The van der Waals surface area contributed by atoms with E-state index in [1.807, 2.05) is 13.0 Å². The average molecular weight is 267 g/mol. The molecule has 2 N–H and O–H groups in total. The second-order valence-electron chi connectivity index (χ2n) is 5.82. The third kappa shape index (κ3) is 3.39. The van der Waals surface area contributed by atoms with E-state index in [1.165, 1.54) is 12.0 Å². The Balaban J connectivity index is 2.04. The van der Waals surface area contributed by atoms with Gasteiger partial charge in [-0.1, -0.05) is 24.6 Å². The Bertz CT molecular complexity index is 417. The second-order valence-corrected chi connectivity index (χ2v) is 6.23. The van der Waals surface area contributed by atoms with Gasteiger partial charge in [0.2, 0.25) is 0 Å². The molecule has 3 heteroatoms. The van der Waals surface area contributed by atoms with Crippen LogP contribution in [0.3, 0.4) is 0 Å². The van der Waals surface area contributed by atoms with Crippen LogP contribution in [0.2, 0.25) is 5.02 Å². The van der Waals surface area contributed by atoms with Gasteiger partial charge in [-0.15, -0.1) is 0 Å². The van der Waals surface area contributed by atoms with Gasteiger partial charge in [-0.2, -0.15) is 0 Å². The van der Waals surface area contributed by atoms with Crippen LogP contribution < -0.4 is 10.6 Å². The lowest BCUT2D eigenvalue weighted by Crippen LogP contribution is -2.21. The van der Waals surface area contributed by atoms with Crippen molar-refractivity contribution in [1.82, 2.24) is 0 Å². The van der Waals surface area contributed by atoms with E-state index in [4.69, 9.17) is 17.3 Å². The van der Waals surface area contributed by atoms with Crippen LogP contribution in [0, 0.1) is 11.8 Å². The highest BCUT2D eigenvalue weighted by atomic mass is 35.5. The summed E-state index contributed by atoms with van der Waals surface area (Å²) in [5.41, 5.74) is 8.15. The molecule has 1 aromatic carbocycles. The van der Waals surface area contributed by atoms with Crippen LogP contribution in [0.5, 0.6) is 0 Å². The Kier molecular flexibility index (Phi) is 4.18. The molecule has 18 heavy (non-hydrogen) atoms. The number of nitrogens with two attached hydrogens (primary N) is 1. The zero-order valence-corrected chi connectivity index (χ0v) is 12.2. The van der Waals surface area contributed by atoms with Crippen LogP contribution in [-0.2, 0) is 6.42 Å². The Morgan fingerprint density at radius 3 is 2.67 bits per heavy atom. The van der Waals surface area contributed by atoms with Crippen LogP contribution in [0.15, 0.2) is 18.2 Å². The van der Waals surface area contributed by atoms with Gasteiger partial charge in [0.1, 0.15) is 0 Å². The summed E-state index contributed by atoms with van der Waals surface area (Å²) < 4.78 is 0. The highest BCUT2D eigenvalue weighted by molar-refractivity contribution is 6.33. The first-order chi connectivity index (χ1) is 8.47. The molecule has 0 amide bonds. The van der Waals surface area contributed by atoms with E-state index >= 15 is 0 Å². The molecule has 1 aliphatic rings. The number of benzene rings is 1. The highest BCUT2D eigenvalue weighted by Crippen LogP contribution is 2.39. The minimum absolute atomic E-state index is 0.178. The van der Waals surface area contributed by atoms with Crippen molar-refractivity contribution in [1.29, 1.82) is 0 Å². The molecule has 0 aromatic heterocycles. The van der Waals surface area contributed by atoms with E-state index in [0.717, 1.165) is 35.5 Å². The predicted molar refractivity (Wildman–Crippen MR) is 79.3 cm³/mol. The summed E-state index contributed by atoms with van der Waals surface area (Å²) in [6.07, 6.45) is 2.23. The molecular weight excluding hydrogens is 244 g/mol. The first-order valence-electron chi connectivity index (χ1n) is 6.72. The van der Waals surface area contributed by atoms with E-state index in [-0.39, 0.29) is 6.04 Å². The van der Waals surface area contributed by atoms with Crippen LogP contribution in [0.4, 0.5) is 5.69 Å². The van der Waals surface area contributed by atoms with E-state index in [0.29, 0.717) is 0 Å². The molecule has 1 aliphatic carbocycles. The van der Waals surface area contributed by atoms with E-state index in [2.05, 4.69) is 31.0 Å². The molecule has 0 radical (unpaired) electrons. The molecule has 0 heterocycles. The largest absolute Gasteiger partial charge is 0.373 e. The predicted octanol–water partition coefficient (Wildman–Crippen LogP) is 3.32. The topological polar surface area (TPSA) is 29.3 Å². The molecule has 0 aliphatic heterocycles. The number of hydrogen-bond donors (Lipinski definition) is 1. The summed E-state index contributed by atoms with van der Waals surface area (Å²) in [6.45, 7) is 5.43. The lowest BCUT2D eigenvalue weighted by atomic mass is 10.1. The van der Waals surface area contributed by atoms with E-state index in [9.17, 15) is 0 Å². The average Bonchev–Trinajstić information content (AvgIpc) is 2.92. The van der Waals surface area contributed by atoms with Crippen LogP contribution in [-0.4, -0.2) is 19.6 Å². The van der Waals surface area contributed by atoms with Crippen molar-refractivity contribution in [3.63, 3.8) is 0 Å². The van der Waals surface area contributed by atoms with Crippen molar-refractivity contribution < 1.29 is 0 Å². The van der Waals surface area contributed by atoms with Gasteiger partial charge in [0.25, 0.3) is 0 Å². The van der Waals surface area contributed by atoms with Gasteiger partial charge in [0.05, 0.1) is 10.7 Å². The maximum absolute atomic E-state index is 6.37. The summed E-state index contributed by atoms with van der Waals surface area (Å²) >= 11 is 6.37. The first-order valence-corrected chi connectivity index (χ1v) is 7.10. The van der Waals surface area contributed by atoms with Gasteiger partial charge >= 0.3 is 0 Å². The van der Waals surface area contributed by atoms with Gasteiger partial charge in [0, 0.05) is 19.6 Å². The Hall–Kier alpha value is -0.730. The van der Waals surface area contributed by atoms with Gasteiger partial charge in [-0.25, -0.2) is 0 Å². The van der Waals surface area contributed by atoms with Gasteiger partial charge in [-0.05, 0) is 49.3 Å². The number of rotatable bonds is 5. The molecule has 100 valence electrons. The Labute approximate surface area is 115 Å². The smallest absolute Gasteiger partial charge is 0.0642 e. The number of hydrogen-bond acceptors (Lipinski definition) is 2. The van der Waals surface area contributed by atoms with Crippen molar-refractivity contribution in [2.24, 2.45) is 17.6 Å². The van der Waals surface area contributed by atoms with Crippen LogP contribution >= 0.6 is 11.6 Å². The summed E-state index contributed by atoms with van der Waals surface area (Å²) in [6, 6.07) is 6.48. The molecule has 3 unspecified atom stereocenters. The Morgan fingerprint density at radius 2 is 2.17 bits per heavy atom. The lowest BCUT2D eigenvalue weighted by molar-refractivity contribution is 0.724. The van der Waals surface area contributed by atoms with E-state index in [1.54, 1.807) is 0 Å². The molecule has 0 saturated heterocycles. The van der Waals surface area contributed by atoms with Crippen molar-refractivity contribution >= 4 is 17.3 Å². The van der Waals surface area contributed by atoms with Crippen LogP contribution in [0.1, 0.15) is 25.8 Å². The summed E-state index contributed by atoms with van der Waals surface area (Å²) in [5, 5.41) is 0.837. The van der Waals surface area contributed by atoms with Gasteiger partial charge < -0.3 is 10.6 Å². The zero-order chi connectivity index (χ0) is 13.3. The fraction of sp³-hybridized carbons (Fsp3) is 0.600. The van der Waals surface area contributed by atoms with Crippen molar-refractivity contribution in [3.8, 4) is 0 Å². The molecule has 3 atom stereocenters. The number of nitrogens with zero attached hydrogens (tertiary/aromatic N) is 1. The number of halogens is 1. The maximum atomic E-state index is 6.37. The van der Waals surface area contributed by atoms with Crippen molar-refractivity contribution in [3.05, 3.63) is 28.8 Å². The van der Waals surface area contributed by atoms with Crippen LogP contribution in [0.25, 0.3) is 0 Å². The van der Waals surface area contributed by atoms with Crippen molar-refractivity contribution in [2.45, 2.75) is 32.7 Å². The molecule has 0 bridgehead atoms. The fourth-order valence-corrected chi connectivity index (χ4v) is 2.81. The third-order valence-electron chi connectivity index (χ3n) is 3.77. The molecule has 2 nitrogen and oxygen atoms in total. The molecule has 1 aromatic rings. The minimum atomic E-state index is 0.178. The number of anilines is 1. The third-order valence-corrected chi connectivity index (χ3v) is 4.07. The van der Waals surface area contributed by atoms with Crippen molar-refractivity contribution in [2.75, 3.05) is 18.5 Å². The summed E-state index contributed by atoms with van der Waals surface area (Å²) in [7, 11) is 2.12. The monoisotopic (exact) mass is 266 g/mol. The Morgan fingerprint density at radius 1 is 1.50 bits per heavy atom. The first kappa shape index (κ1) is 13.7. The molecule has 0 spiro atoms. The fourth-order valence-electron chi connectivity index (χ4n) is 2.46. The lowest BCUT2D eigenvalue weighted by Gasteiger charge is -2.21. The SMILES string of the molecule is CC(N)Cc1ccc(N(C)CC2CC2C)c(Cl)c1. The summed E-state index contributed by atoms with van der Waals surface area (Å²) in [5.74, 6) is 1.72. The standard InChI is InChI=1S/C15H23ClN2/c1-10-6-13(10)9-18(3)15-5-4-12(7-11(2)17)8-14(15)16/h4-5,8,10-11,13H,6-7,9,17H2,1-3H3. The molecule has 1 saturated carbocycles. The van der Waals surface area contributed by atoms with E-state index < -0.39 is 0 Å². The highest BCUT2D eigenvalue weighted by Gasteiger charge is 2.33. The van der Waals surface area contributed by atoms with Gasteiger partial charge in [-0.3, -0.25) is 0 Å². The molecular formula is C15H23ClN2.